The van der Waals surface area contributed by atoms with Crippen LogP contribution in [-0.2, 0) is 17.5 Å². The summed E-state index contributed by atoms with van der Waals surface area (Å²) in [6.45, 7) is 1.07. The number of benzene rings is 1. The van der Waals surface area contributed by atoms with Gasteiger partial charge in [0.05, 0.1) is 17.3 Å². The van der Waals surface area contributed by atoms with Gasteiger partial charge in [-0.1, -0.05) is 30.3 Å². The molecule has 31 heavy (non-hydrogen) atoms. The molecule has 1 aliphatic rings. The van der Waals surface area contributed by atoms with Crippen molar-refractivity contribution >= 4 is 23.0 Å². The summed E-state index contributed by atoms with van der Waals surface area (Å²) < 4.78 is 44.1. The predicted octanol–water partition coefficient (Wildman–Crippen LogP) is 3.07. The van der Waals surface area contributed by atoms with Gasteiger partial charge in [0, 0.05) is 32.4 Å². The van der Waals surface area contributed by atoms with Gasteiger partial charge < -0.3 is 19.5 Å². The lowest BCUT2D eigenvalue weighted by molar-refractivity contribution is -0.144. The van der Waals surface area contributed by atoms with E-state index in [1.165, 1.54) is 22.2 Å². The Balaban J connectivity index is 1.39. The first-order valence-corrected chi connectivity index (χ1v) is 9.49. The minimum absolute atomic E-state index is 0.0237. The Labute approximate surface area is 174 Å². The van der Waals surface area contributed by atoms with E-state index in [9.17, 15) is 22.8 Å². The van der Waals surface area contributed by atoms with Gasteiger partial charge in [0.15, 0.2) is 0 Å². The number of hydrogen-bond donors (Lipinski definition) is 1. The maximum absolute atomic E-state index is 12.9. The molecule has 3 heterocycles. The number of imidazole rings is 1. The zero-order valence-electron chi connectivity index (χ0n) is 16.2. The molecular weight excluding hydrogens is 415 g/mol. The molecule has 0 bridgehead atoms. The number of hydrogen-bond acceptors (Lipinski definition) is 5. The molecule has 11 heteroatoms. The Bertz CT molecular complexity index is 1090. The van der Waals surface area contributed by atoms with Crippen LogP contribution in [0.4, 0.5) is 18.0 Å². The summed E-state index contributed by atoms with van der Waals surface area (Å²) in [6, 6.07) is 9.25. The number of rotatable bonds is 3. The first-order valence-electron chi connectivity index (χ1n) is 9.49. The molecule has 0 unspecified atom stereocenters. The SMILES string of the molecule is O=C(OCc1ccccc1)N1CCN(C(=O)c2cncc3[nH]c(C(F)(F)F)nc23)CC1. The Hall–Kier alpha value is -3.63. The highest BCUT2D eigenvalue weighted by Crippen LogP contribution is 2.29. The molecule has 2 amide bonds. The average Bonchev–Trinajstić information content (AvgIpc) is 3.23. The second kappa shape index (κ2) is 8.25. The number of H-pyrrole nitrogens is 1. The van der Waals surface area contributed by atoms with E-state index in [1.54, 1.807) is 0 Å². The Morgan fingerprint density at radius 2 is 1.71 bits per heavy atom. The first-order chi connectivity index (χ1) is 14.8. The molecule has 8 nitrogen and oxygen atoms in total. The van der Waals surface area contributed by atoms with E-state index in [2.05, 4.69) is 15.0 Å². The fourth-order valence-corrected chi connectivity index (χ4v) is 3.30. The van der Waals surface area contributed by atoms with Crippen molar-refractivity contribution in [2.75, 3.05) is 26.2 Å². The van der Waals surface area contributed by atoms with E-state index in [0.717, 1.165) is 5.56 Å². The van der Waals surface area contributed by atoms with Crippen LogP contribution in [0.5, 0.6) is 0 Å². The van der Waals surface area contributed by atoms with Crippen molar-refractivity contribution in [3.8, 4) is 0 Å². The quantitative estimate of drug-likeness (QED) is 0.686. The molecule has 4 rings (SSSR count). The third-order valence-corrected chi connectivity index (χ3v) is 4.92. The zero-order chi connectivity index (χ0) is 22.0. The molecule has 0 radical (unpaired) electrons. The van der Waals surface area contributed by atoms with Crippen LogP contribution in [0.25, 0.3) is 11.0 Å². The van der Waals surface area contributed by atoms with Gasteiger partial charge >= 0.3 is 12.3 Å². The van der Waals surface area contributed by atoms with Crippen LogP contribution in [0.2, 0.25) is 0 Å². The number of pyridine rings is 1. The van der Waals surface area contributed by atoms with Crippen molar-refractivity contribution in [3.63, 3.8) is 0 Å². The van der Waals surface area contributed by atoms with Crippen LogP contribution in [0.15, 0.2) is 42.7 Å². The van der Waals surface area contributed by atoms with Gasteiger partial charge in [-0.05, 0) is 5.56 Å². The standard InChI is InChI=1S/C20H18F3N5O3/c21-20(22,23)18-25-15-11-24-10-14(16(15)26-18)17(29)27-6-8-28(9-7-27)19(30)31-12-13-4-2-1-3-5-13/h1-5,10-11H,6-9,12H2,(H,25,26). The second-order valence-electron chi connectivity index (χ2n) is 6.99. The number of halogens is 3. The van der Waals surface area contributed by atoms with Crippen molar-refractivity contribution in [2.45, 2.75) is 12.8 Å². The van der Waals surface area contributed by atoms with Crippen molar-refractivity contribution in [2.24, 2.45) is 0 Å². The molecule has 3 aromatic rings. The zero-order valence-corrected chi connectivity index (χ0v) is 16.2. The molecule has 0 saturated carbocycles. The summed E-state index contributed by atoms with van der Waals surface area (Å²) in [7, 11) is 0. The van der Waals surface area contributed by atoms with Gasteiger partial charge in [-0.15, -0.1) is 0 Å². The number of fused-ring (bicyclic) bond motifs is 1. The van der Waals surface area contributed by atoms with E-state index in [1.807, 2.05) is 30.3 Å². The average molecular weight is 433 g/mol. The minimum Gasteiger partial charge on any atom is -0.445 e. The molecule has 162 valence electrons. The maximum Gasteiger partial charge on any atom is 0.449 e. The van der Waals surface area contributed by atoms with E-state index < -0.39 is 24.0 Å². The fourth-order valence-electron chi connectivity index (χ4n) is 3.30. The first kappa shape index (κ1) is 20.6. The van der Waals surface area contributed by atoms with Crippen LogP contribution in [0, 0.1) is 0 Å². The van der Waals surface area contributed by atoms with Crippen molar-refractivity contribution in [1.82, 2.24) is 24.8 Å². The van der Waals surface area contributed by atoms with E-state index >= 15 is 0 Å². The second-order valence-corrected chi connectivity index (χ2v) is 6.99. The Kier molecular flexibility index (Phi) is 5.49. The van der Waals surface area contributed by atoms with Crippen molar-refractivity contribution in [1.29, 1.82) is 0 Å². The highest BCUT2D eigenvalue weighted by molar-refractivity contribution is 6.04. The number of aromatic amines is 1. The number of carbonyl (C=O) groups is 2. The summed E-state index contributed by atoms with van der Waals surface area (Å²) in [6.07, 6.45) is -2.76. The number of aromatic nitrogens is 3. The fraction of sp³-hybridized carbons (Fsp3) is 0.300. The topological polar surface area (TPSA) is 91.4 Å². The number of alkyl halides is 3. The minimum atomic E-state index is -4.66. The number of carbonyl (C=O) groups excluding carboxylic acids is 2. The Morgan fingerprint density at radius 1 is 1.03 bits per heavy atom. The monoisotopic (exact) mass is 433 g/mol. The molecule has 0 atom stereocenters. The lowest BCUT2D eigenvalue weighted by atomic mass is 10.2. The number of piperazine rings is 1. The van der Waals surface area contributed by atoms with E-state index in [0.29, 0.717) is 0 Å². The molecule has 1 fully saturated rings. The Morgan fingerprint density at radius 3 is 2.39 bits per heavy atom. The normalized spacial score (nSPS) is 14.7. The molecule has 0 aliphatic carbocycles. The van der Waals surface area contributed by atoms with E-state index in [-0.39, 0.29) is 49.4 Å². The predicted molar refractivity (Wildman–Crippen MR) is 103 cm³/mol. The number of amides is 2. The van der Waals surface area contributed by atoms with Crippen LogP contribution >= 0.6 is 0 Å². The molecular formula is C20H18F3N5O3. The lowest BCUT2D eigenvalue weighted by Gasteiger charge is -2.34. The van der Waals surface area contributed by atoms with Crippen LogP contribution in [0.3, 0.4) is 0 Å². The smallest absolute Gasteiger partial charge is 0.445 e. The van der Waals surface area contributed by atoms with Gasteiger partial charge in [0.2, 0.25) is 5.82 Å². The van der Waals surface area contributed by atoms with Crippen LogP contribution < -0.4 is 0 Å². The summed E-state index contributed by atoms with van der Waals surface area (Å²) in [5.41, 5.74) is 0.783. The third-order valence-electron chi connectivity index (χ3n) is 4.92. The van der Waals surface area contributed by atoms with Crippen molar-refractivity contribution in [3.05, 3.63) is 59.7 Å². The number of ether oxygens (including phenoxy) is 1. The highest BCUT2D eigenvalue weighted by atomic mass is 19.4. The molecule has 1 saturated heterocycles. The summed E-state index contributed by atoms with van der Waals surface area (Å²) in [4.78, 5) is 37.6. The van der Waals surface area contributed by atoms with Gasteiger partial charge in [0.1, 0.15) is 12.1 Å². The maximum atomic E-state index is 12.9. The van der Waals surface area contributed by atoms with Gasteiger partial charge in [-0.3, -0.25) is 9.78 Å². The highest BCUT2D eigenvalue weighted by Gasteiger charge is 2.36. The molecule has 1 aliphatic heterocycles. The molecule has 1 N–H and O–H groups in total. The molecule has 0 spiro atoms. The number of nitrogens with zero attached hydrogens (tertiary/aromatic N) is 4. The largest absolute Gasteiger partial charge is 0.449 e. The third kappa shape index (κ3) is 4.44. The summed E-state index contributed by atoms with van der Waals surface area (Å²) in [5, 5.41) is 0. The van der Waals surface area contributed by atoms with Crippen LogP contribution in [0.1, 0.15) is 21.7 Å². The lowest BCUT2D eigenvalue weighted by Crippen LogP contribution is -2.50. The number of nitrogens with one attached hydrogen (secondary N) is 1. The summed E-state index contributed by atoms with van der Waals surface area (Å²) in [5.74, 6) is -1.67. The summed E-state index contributed by atoms with van der Waals surface area (Å²) >= 11 is 0. The van der Waals surface area contributed by atoms with Gasteiger partial charge in [0.25, 0.3) is 5.91 Å². The van der Waals surface area contributed by atoms with Gasteiger partial charge in [-0.25, -0.2) is 9.78 Å². The molecule has 1 aromatic carbocycles. The van der Waals surface area contributed by atoms with Gasteiger partial charge in [-0.2, -0.15) is 13.2 Å². The van der Waals surface area contributed by atoms with E-state index in [4.69, 9.17) is 4.74 Å². The van der Waals surface area contributed by atoms with Crippen LogP contribution in [-0.4, -0.2) is 62.9 Å². The van der Waals surface area contributed by atoms with Crippen molar-refractivity contribution < 1.29 is 27.5 Å². The molecule has 2 aromatic heterocycles.